The maximum atomic E-state index is 10.8. The Morgan fingerprint density at radius 3 is 2.88 bits per heavy atom. The van der Waals surface area contributed by atoms with Crippen LogP contribution in [0.1, 0.15) is 22.8 Å². The Kier molecular flexibility index (Phi) is 5.19. The van der Waals surface area contributed by atoms with Gasteiger partial charge in [0.2, 0.25) is 0 Å². The highest BCUT2D eigenvalue weighted by Crippen LogP contribution is 2.19. The van der Waals surface area contributed by atoms with Crippen molar-refractivity contribution in [3.05, 3.63) is 29.3 Å². The summed E-state index contributed by atoms with van der Waals surface area (Å²) < 4.78 is 5.55. The average Bonchev–Trinajstić information content (AvgIpc) is 2.26. The Morgan fingerprint density at radius 2 is 2.25 bits per heavy atom. The maximum Gasteiger partial charge on any atom is 0.335 e. The van der Waals surface area contributed by atoms with Gasteiger partial charge < -0.3 is 9.84 Å². The Balaban J connectivity index is 2.63. The van der Waals surface area contributed by atoms with Crippen molar-refractivity contribution in [2.24, 2.45) is 0 Å². The molecule has 16 heavy (non-hydrogen) atoms. The molecule has 0 heterocycles. The molecule has 4 heteroatoms. The number of aryl methyl sites for hydroxylation is 1. The van der Waals surface area contributed by atoms with Gasteiger partial charge in [-0.2, -0.15) is 11.8 Å². The highest BCUT2D eigenvalue weighted by molar-refractivity contribution is 7.99. The summed E-state index contributed by atoms with van der Waals surface area (Å²) in [5.41, 5.74) is 1.23. The standard InChI is InChI=1S/C12H16O3S/c1-3-16-7-6-15-11-8-10(12(13)14)5-4-9(11)2/h4-5,8H,3,6-7H2,1-2H3,(H,13,14). The average molecular weight is 240 g/mol. The van der Waals surface area contributed by atoms with Crippen LogP contribution in [0.3, 0.4) is 0 Å². The van der Waals surface area contributed by atoms with Crippen molar-refractivity contribution in [3.63, 3.8) is 0 Å². The highest BCUT2D eigenvalue weighted by atomic mass is 32.2. The van der Waals surface area contributed by atoms with Gasteiger partial charge in [-0.05, 0) is 30.4 Å². The molecule has 1 N–H and O–H groups in total. The predicted molar refractivity (Wildman–Crippen MR) is 66.6 cm³/mol. The lowest BCUT2D eigenvalue weighted by molar-refractivity contribution is 0.0696. The fourth-order valence-corrected chi connectivity index (χ4v) is 1.73. The summed E-state index contributed by atoms with van der Waals surface area (Å²) in [6.45, 7) is 4.62. The molecule has 0 spiro atoms. The number of aromatic carboxylic acids is 1. The normalized spacial score (nSPS) is 10.1. The Labute approximate surface area is 99.8 Å². The third kappa shape index (κ3) is 3.77. The van der Waals surface area contributed by atoms with Crippen LogP contribution < -0.4 is 4.74 Å². The van der Waals surface area contributed by atoms with E-state index in [9.17, 15) is 4.79 Å². The number of carboxylic acid groups (broad SMARTS) is 1. The van der Waals surface area contributed by atoms with Gasteiger partial charge in [0.1, 0.15) is 5.75 Å². The van der Waals surface area contributed by atoms with E-state index in [0.29, 0.717) is 12.4 Å². The second-order valence-corrected chi connectivity index (χ2v) is 4.72. The van der Waals surface area contributed by atoms with Gasteiger partial charge in [0.15, 0.2) is 0 Å². The lowest BCUT2D eigenvalue weighted by Gasteiger charge is -2.09. The maximum absolute atomic E-state index is 10.8. The molecule has 0 saturated heterocycles. The first-order chi connectivity index (χ1) is 7.65. The van der Waals surface area contributed by atoms with Gasteiger partial charge in [-0.15, -0.1) is 0 Å². The van der Waals surface area contributed by atoms with Crippen molar-refractivity contribution < 1.29 is 14.6 Å². The fraction of sp³-hybridized carbons (Fsp3) is 0.417. The minimum Gasteiger partial charge on any atom is -0.492 e. The van der Waals surface area contributed by atoms with Crippen molar-refractivity contribution >= 4 is 17.7 Å². The zero-order valence-electron chi connectivity index (χ0n) is 9.53. The number of ether oxygens (including phenoxy) is 1. The second kappa shape index (κ2) is 6.43. The summed E-state index contributed by atoms with van der Waals surface area (Å²) in [5, 5.41) is 8.85. The molecule has 0 fully saturated rings. The summed E-state index contributed by atoms with van der Waals surface area (Å²) in [5.74, 6) is 1.73. The molecule has 0 aromatic heterocycles. The molecule has 1 aromatic carbocycles. The van der Waals surface area contributed by atoms with E-state index in [4.69, 9.17) is 9.84 Å². The Morgan fingerprint density at radius 1 is 1.50 bits per heavy atom. The number of hydrogen-bond acceptors (Lipinski definition) is 3. The van der Waals surface area contributed by atoms with Crippen molar-refractivity contribution in [2.75, 3.05) is 18.1 Å². The van der Waals surface area contributed by atoms with Crippen LogP contribution in [0.4, 0.5) is 0 Å². The number of benzene rings is 1. The molecule has 88 valence electrons. The fourth-order valence-electron chi connectivity index (χ4n) is 1.24. The van der Waals surface area contributed by atoms with Crippen molar-refractivity contribution in [1.29, 1.82) is 0 Å². The smallest absolute Gasteiger partial charge is 0.335 e. The van der Waals surface area contributed by atoms with Crippen molar-refractivity contribution in [3.8, 4) is 5.75 Å². The molecule has 0 bridgehead atoms. The van der Waals surface area contributed by atoms with E-state index >= 15 is 0 Å². The van der Waals surface area contributed by atoms with Crippen LogP contribution in [-0.4, -0.2) is 29.2 Å². The first-order valence-electron chi connectivity index (χ1n) is 5.19. The molecule has 1 aromatic rings. The van der Waals surface area contributed by atoms with E-state index in [2.05, 4.69) is 6.92 Å². The summed E-state index contributed by atoms with van der Waals surface area (Å²) in [6, 6.07) is 4.94. The second-order valence-electron chi connectivity index (χ2n) is 3.33. The van der Waals surface area contributed by atoms with Gasteiger partial charge in [-0.1, -0.05) is 13.0 Å². The molecule has 0 atom stereocenters. The number of carbonyl (C=O) groups is 1. The van der Waals surface area contributed by atoms with Crippen LogP contribution in [0.25, 0.3) is 0 Å². The van der Waals surface area contributed by atoms with E-state index in [1.54, 1.807) is 30.0 Å². The quantitative estimate of drug-likeness (QED) is 0.777. The molecule has 0 saturated carbocycles. The Hall–Kier alpha value is -1.16. The van der Waals surface area contributed by atoms with Crippen LogP contribution in [-0.2, 0) is 0 Å². The number of carboxylic acids is 1. The molecule has 1 rings (SSSR count). The van der Waals surface area contributed by atoms with Crippen LogP contribution >= 0.6 is 11.8 Å². The molecule has 0 radical (unpaired) electrons. The third-order valence-corrected chi connectivity index (χ3v) is 2.99. The van der Waals surface area contributed by atoms with Gasteiger partial charge >= 0.3 is 5.97 Å². The zero-order valence-corrected chi connectivity index (χ0v) is 10.3. The lowest BCUT2D eigenvalue weighted by atomic mass is 10.1. The van der Waals surface area contributed by atoms with E-state index in [1.807, 2.05) is 6.92 Å². The summed E-state index contributed by atoms with van der Waals surface area (Å²) in [6.07, 6.45) is 0. The molecule has 0 aliphatic rings. The van der Waals surface area contributed by atoms with Gasteiger partial charge in [-0.3, -0.25) is 0 Å². The largest absolute Gasteiger partial charge is 0.492 e. The number of hydrogen-bond donors (Lipinski definition) is 1. The number of rotatable bonds is 6. The van der Waals surface area contributed by atoms with Gasteiger partial charge in [0, 0.05) is 5.75 Å². The minimum atomic E-state index is -0.923. The van der Waals surface area contributed by atoms with Crippen molar-refractivity contribution in [1.82, 2.24) is 0 Å². The molecule has 0 aliphatic carbocycles. The summed E-state index contributed by atoms with van der Waals surface area (Å²) >= 11 is 1.80. The van der Waals surface area contributed by atoms with Crippen LogP contribution in [0, 0.1) is 6.92 Å². The van der Waals surface area contributed by atoms with Gasteiger partial charge in [-0.25, -0.2) is 4.79 Å². The third-order valence-electron chi connectivity index (χ3n) is 2.12. The molecule has 0 unspecified atom stereocenters. The lowest BCUT2D eigenvalue weighted by Crippen LogP contribution is -2.03. The van der Waals surface area contributed by atoms with Crippen LogP contribution in [0.5, 0.6) is 5.75 Å². The SMILES string of the molecule is CCSCCOc1cc(C(=O)O)ccc1C. The van der Waals surface area contributed by atoms with Crippen LogP contribution in [0.2, 0.25) is 0 Å². The monoisotopic (exact) mass is 240 g/mol. The molecule has 0 amide bonds. The van der Waals surface area contributed by atoms with Gasteiger partial charge in [0.25, 0.3) is 0 Å². The van der Waals surface area contributed by atoms with Gasteiger partial charge in [0.05, 0.1) is 12.2 Å². The Bertz CT molecular complexity index is 363. The predicted octanol–water partition coefficient (Wildman–Crippen LogP) is 2.83. The van der Waals surface area contributed by atoms with E-state index in [0.717, 1.165) is 17.1 Å². The summed E-state index contributed by atoms with van der Waals surface area (Å²) in [7, 11) is 0. The van der Waals surface area contributed by atoms with Crippen LogP contribution in [0.15, 0.2) is 18.2 Å². The van der Waals surface area contributed by atoms with Crippen molar-refractivity contribution in [2.45, 2.75) is 13.8 Å². The number of thioether (sulfide) groups is 1. The highest BCUT2D eigenvalue weighted by Gasteiger charge is 2.06. The minimum absolute atomic E-state index is 0.267. The molecule has 3 nitrogen and oxygen atoms in total. The molecular formula is C12H16O3S. The van der Waals surface area contributed by atoms with E-state index in [1.165, 1.54) is 0 Å². The first-order valence-corrected chi connectivity index (χ1v) is 6.35. The first kappa shape index (κ1) is 12.9. The summed E-state index contributed by atoms with van der Waals surface area (Å²) in [4.78, 5) is 10.8. The molecular weight excluding hydrogens is 224 g/mol. The topological polar surface area (TPSA) is 46.5 Å². The zero-order chi connectivity index (χ0) is 12.0. The van der Waals surface area contributed by atoms with E-state index in [-0.39, 0.29) is 5.56 Å². The molecule has 0 aliphatic heterocycles. The van der Waals surface area contributed by atoms with E-state index < -0.39 is 5.97 Å².